The van der Waals surface area contributed by atoms with Crippen molar-refractivity contribution in [2.24, 2.45) is 5.73 Å². The quantitative estimate of drug-likeness (QED) is 0.810. The van der Waals surface area contributed by atoms with Crippen LogP contribution in [0.4, 0.5) is 4.39 Å². The molecule has 1 atom stereocenters. The fourth-order valence-electron chi connectivity index (χ4n) is 1.22. The third-order valence-corrected chi connectivity index (χ3v) is 4.30. The van der Waals surface area contributed by atoms with Crippen molar-refractivity contribution in [1.29, 1.82) is 0 Å². The second-order valence-electron chi connectivity index (χ2n) is 3.81. The molecule has 1 aromatic rings. The highest BCUT2D eigenvalue weighted by Crippen LogP contribution is 2.20. The van der Waals surface area contributed by atoms with Crippen LogP contribution in [0.2, 0.25) is 5.02 Å². The summed E-state index contributed by atoms with van der Waals surface area (Å²) in [7, 11) is -3.52. The molecule has 18 heavy (non-hydrogen) atoms. The molecule has 0 aliphatic heterocycles. The van der Waals surface area contributed by atoms with E-state index in [1.165, 1.54) is 6.07 Å². The molecule has 0 amide bonds. The van der Waals surface area contributed by atoms with Crippen molar-refractivity contribution < 1.29 is 17.5 Å². The van der Waals surface area contributed by atoms with Crippen LogP contribution in [0.5, 0.6) is 0 Å². The van der Waals surface area contributed by atoms with E-state index in [1.54, 1.807) is 6.92 Å². The number of nitrogens with two attached hydrogens (primary N) is 1. The van der Waals surface area contributed by atoms with Crippen LogP contribution < -0.4 is 5.73 Å². The Hall–Kier alpha value is -0.690. The lowest BCUT2D eigenvalue weighted by Crippen LogP contribution is -2.23. The monoisotopic (exact) mass is 295 g/mol. The molecule has 0 radical (unpaired) electrons. The van der Waals surface area contributed by atoms with Gasteiger partial charge in [-0.05, 0) is 25.1 Å². The third kappa shape index (κ3) is 4.20. The second kappa shape index (κ2) is 6.47. The highest BCUT2D eigenvalue weighted by Gasteiger charge is 2.16. The summed E-state index contributed by atoms with van der Waals surface area (Å²) in [4.78, 5) is -0.0158. The Morgan fingerprint density at radius 1 is 1.50 bits per heavy atom. The molecule has 0 bridgehead atoms. The first-order chi connectivity index (χ1) is 8.36. The highest BCUT2D eigenvalue weighted by atomic mass is 35.5. The van der Waals surface area contributed by atoms with Crippen LogP contribution in [-0.2, 0) is 14.6 Å². The van der Waals surface area contributed by atoms with Gasteiger partial charge in [0.2, 0.25) is 0 Å². The molecule has 1 rings (SSSR count). The van der Waals surface area contributed by atoms with Crippen molar-refractivity contribution in [3.8, 4) is 0 Å². The Balaban J connectivity index is 2.71. The lowest BCUT2D eigenvalue weighted by molar-refractivity contribution is 0.0838. The van der Waals surface area contributed by atoms with Crippen molar-refractivity contribution in [3.63, 3.8) is 0 Å². The summed E-state index contributed by atoms with van der Waals surface area (Å²) in [6.45, 7) is 2.11. The molecule has 0 aliphatic carbocycles. The maximum atomic E-state index is 12.9. The number of hydrogen-bond donors (Lipinski definition) is 1. The van der Waals surface area contributed by atoms with E-state index in [2.05, 4.69) is 0 Å². The summed E-state index contributed by atoms with van der Waals surface area (Å²) in [6.07, 6.45) is -0.197. The number of sulfone groups is 1. The van der Waals surface area contributed by atoms with Gasteiger partial charge < -0.3 is 10.5 Å². The molecule has 0 aliphatic rings. The summed E-state index contributed by atoms with van der Waals surface area (Å²) in [5.74, 6) is -0.845. The number of benzene rings is 1. The minimum absolute atomic E-state index is 0.0158. The summed E-state index contributed by atoms with van der Waals surface area (Å²) in [6, 6.07) is 3.31. The van der Waals surface area contributed by atoms with Crippen LogP contribution in [0.1, 0.15) is 6.92 Å². The van der Waals surface area contributed by atoms with E-state index in [4.69, 9.17) is 22.1 Å². The summed E-state index contributed by atoms with van der Waals surface area (Å²) < 4.78 is 41.9. The van der Waals surface area contributed by atoms with E-state index in [9.17, 15) is 12.8 Å². The van der Waals surface area contributed by atoms with Crippen LogP contribution in [0.25, 0.3) is 0 Å². The molecule has 102 valence electrons. The van der Waals surface area contributed by atoms with Gasteiger partial charge in [0.25, 0.3) is 0 Å². The first kappa shape index (κ1) is 15.4. The van der Waals surface area contributed by atoms with Gasteiger partial charge in [-0.3, -0.25) is 0 Å². The fraction of sp³-hybridized carbons (Fsp3) is 0.455. The molecule has 1 aromatic carbocycles. The van der Waals surface area contributed by atoms with E-state index in [0.717, 1.165) is 12.1 Å². The Morgan fingerprint density at radius 3 is 2.72 bits per heavy atom. The molecule has 0 fully saturated rings. The maximum absolute atomic E-state index is 12.9. The van der Waals surface area contributed by atoms with Crippen molar-refractivity contribution in [2.75, 3.05) is 18.9 Å². The minimum atomic E-state index is -3.52. The molecule has 1 unspecified atom stereocenters. The Kier molecular flexibility index (Phi) is 5.52. The molecular formula is C11H15ClFNO3S. The molecule has 0 aromatic heterocycles. The summed E-state index contributed by atoms with van der Waals surface area (Å²) in [5.41, 5.74) is 5.34. The van der Waals surface area contributed by atoms with Gasteiger partial charge in [-0.1, -0.05) is 11.6 Å². The Morgan fingerprint density at radius 2 is 2.17 bits per heavy atom. The lowest BCUT2D eigenvalue weighted by Gasteiger charge is -2.10. The Bertz CT molecular complexity index is 507. The van der Waals surface area contributed by atoms with E-state index < -0.39 is 15.7 Å². The van der Waals surface area contributed by atoms with Gasteiger partial charge in [-0.25, -0.2) is 12.8 Å². The van der Waals surface area contributed by atoms with Gasteiger partial charge in [0.1, 0.15) is 5.82 Å². The fourth-order valence-corrected chi connectivity index (χ4v) is 2.58. The molecule has 0 saturated carbocycles. The number of hydrogen-bond acceptors (Lipinski definition) is 4. The Labute approximate surface area is 111 Å². The van der Waals surface area contributed by atoms with Crippen LogP contribution >= 0.6 is 11.6 Å². The SMILES string of the molecule is CC(CN)OCCS(=O)(=O)c1ccc(F)c(Cl)c1. The van der Waals surface area contributed by atoms with Crippen LogP contribution in [0.3, 0.4) is 0 Å². The van der Waals surface area contributed by atoms with Crippen LogP contribution in [-0.4, -0.2) is 33.4 Å². The number of rotatable bonds is 6. The van der Waals surface area contributed by atoms with E-state index >= 15 is 0 Å². The van der Waals surface area contributed by atoms with E-state index in [0.29, 0.717) is 6.54 Å². The van der Waals surface area contributed by atoms with Crippen molar-refractivity contribution in [1.82, 2.24) is 0 Å². The third-order valence-electron chi connectivity index (χ3n) is 2.34. The molecule has 0 spiro atoms. The molecule has 0 heterocycles. The van der Waals surface area contributed by atoms with Gasteiger partial charge in [-0.15, -0.1) is 0 Å². The molecule has 7 heteroatoms. The molecule has 0 saturated heterocycles. The zero-order chi connectivity index (χ0) is 13.8. The highest BCUT2D eigenvalue weighted by molar-refractivity contribution is 7.91. The predicted octanol–water partition coefficient (Wildman–Crippen LogP) is 1.62. The normalized spacial score (nSPS) is 13.6. The topological polar surface area (TPSA) is 69.4 Å². The first-order valence-corrected chi connectivity index (χ1v) is 7.39. The van der Waals surface area contributed by atoms with Crippen molar-refractivity contribution >= 4 is 21.4 Å². The van der Waals surface area contributed by atoms with Gasteiger partial charge in [0, 0.05) is 6.54 Å². The van der Waals surface area contributed by atoms with Gasteiger partial charge in [-0.2, -0.15) is 0 Å². The molecule has 2 N–H and O–H groups in total. The predicted molar refractivity (Wildman–Crippen MR) is 67.9 cm³/mol. The van der Waals surface area contributed by atoms with Gasteiger partial charge in [0.05, 0.1) is 28.4 Å². The smallest absolute Gasteiger partial charge is 0.180 e. The maximum Gasteiger partial charge on any atom is 0.180 e. The first-order valence-electron chi connectivity index (χ1n) is 5.36. The average Bonchev–Trinajstić information content (AvgIpc) is 2.32. The number of halogens is 2. The zero-order valence-electron chi connectivity index (χ0n) is 9.90. The summed E-state index contributed by atoms with van der Waals surface area (Å²) >= 11 is 5.54. The average molecular weight is 296 g/mol. The second-order valence-corrected chi connectivity index (χ2v) is 6.33. The van der Waals surface area contributed by atoms with Gasteiger partial charge >= 0.3 is 0 Å². The minimum Gasteiger partial charge on any atom is -0.376 e. The van der Waals surface area contributed by atoms with Crippen molar-refractivity contribution in [3.05, 3.63) is 29.0 Å². The summed E-state index contributed by atoms with van der Waals surface area (Å²) in [5, 5.41) is -0.215. The van der Waals surface area contributed by atoms with Crippen LogP contribution in [0, 0.1) is 5.82 Å². The van der Waals surface area contributed by atoms with E-state index in [-0.39, 0.29) is 28.4 Å². The molecular weight excluding hydrogens is 281 g/mol. The standard InChI is InChI=1S/C11H15ClFNO3S/c1-8(7-14)17-4-5-18(15,16)9-2-3-11(13)10(12)6-9/h2-3,6,8H,4-5,7,14H2,1H3. The van der Waals surface area contributed by atoms with E-state index in [1.807, 2.05) is 0 Å². The lowest BCUT2D eigenvalue weighted by atomic mass is 10.3. The zero-order valence-corrected chi connectivity index (χ0v) is 11.5. The van der Waals surface area contributed by atoms with Crippen molar-refractivity contribution in [2.45, 2.75) is 17.9 Å². The number of ether oxygens (including phenoxy) is 1. The largest absolute Gasteiger partial charge is 0.376 e. The van der Waals surface area contributed by atoms with Crippen LogP contribution in [0.15, 0.2) is 23.1 Å². The molecule has 4 nitrogen and oxygen atoms in total. The van der Waals surface area contributed by atoms with Gasteiger partial charge in [0.15, 0.2) is 9.84 Å².